The van der Waals surface area contributed by atoms with Crippen molar-refractivity contribution in [1.29, 1.82) is 0 Å². The zero-order valence-corrected chi connectivity index (χ0v) is 15.5. The third-order valence-corrected chi connectivity index (χ3v) is 5.86. The van der Waals surface area contributed by atoms with Crippen molar-refractivity contribution in [3.63, 3.8) is 0 Å². The second-order valence-corrected chi connectivity index (χ2v) is 8.02. The molecule has 2 atom stereocenters. The van der Waals surface area contributed by atoms with Gasteiger partial charge in [0.2, 0.25) is 0 Å². The standard InChI is InChI=1S/C17H32N2OS/c1-8-13(9-2)14(20)10-18-11(3)15-12(4)19-16(21-15)17(5,6)7/h11,13-14,18,20H,8-10H2,1-7H3. The number of hydrogen-bond donors (Lipinski definition) is 2. The van der Waals surface area contributed by atoms with E-state index in [2.05, 4.69) is 53.8 Å². The van der Waals surface area contributed by atoms with Crippen LogP contribution in [-0.2, 0) is 5.41 Å². The largest absolute Gasteiger partial charge is 0.392 e. The molecule has 21 heavy (non-hydrogen) atoms. The van der Waals surface area contributed by atoms with Crippen LogP contribution in [0.1, 0.15) is 76.0 Å². The first kappa shape index (κ1) is 18.6. The Kier molecular flexibility index (Phi) is 6.82. The molecule has 2 N–H and O–H groups in total. The van der Waals surface area contributed by atoms with E-state index in [0.29, 0.717) is 12.5 Å². The van der Waals surface area contributed by atoms with Crippen LogP contribution in [0.5, 0.6) is 0 Å². The number of hydrogen-bond acceptors (Lipinski definition) is 4. The molecule has 0 saturated heterocycles. The molecule has 2 unspecified atom stereocenters. The number of nitrogens with zero attached hydrogens (tertiary/aromatic N) is 1. The molecule has 0 aromatic carbocycles. The van der Waals surface area contributed by atoms with Gasteiger partial charge >= 0.3 is 0 Å². The first-order valence-electron chi connectivity index (χ1n) is 8.09. The molecule has 0 amide bonds. The quantitative estimate of drug-likeness (QED) is 0.793. The highest BCUT2D eigenvalue weighted by molar-refractivity contribution is 7.12. The summed E-state index contributed by atoms with van der Waals surface area (Å²) in [6.45, 7) is 15.8. The van der Waals surface area contributed by atoms with Crippen LogP contribution in [-0.4, -0.2) is 22.7 Å². The highest BCUT2D eigenvalue weighted by atomic mass is 32.1. The van der Waals surface area contributed by atoms with Gasteiger partial charge in [0.15, 0.2) is 0 Å². The van der Waals surface area contributed by atoms with Crippen LogP contribution in [0.3, 0.4) is 0 Å². The van der Waals surface area contributed by atoms with Gasteiger partial charge in [-0.05, 0) is 19.8 Å². The molecule has 0 spiro atoms. The minimum Gasteiger partial charge on any atom is -0.392 e. The maximum absolute atomic E-state index is 10.2. The summed E-state index contributed by atoms with van der Waals surface area (Å²) in [6.07, 6.45) is 1.79. The van der Waals surface area contributed by atoms with Gasteiger partial charge in [0.25, 0.3) is 0 Å². The lowest BCUT2D eigenvalue weighted by Gasteiger charge is -2.22. The van der Waals surface area contributed by atoms with E-state index in [9.17, 15) is 5.11 Å². The second kappa shape index (κ2) is 7.70. The lowest BCUT2D eigenvalue weighted by atomic mass is 9.96. The number of aliphatic hydroxyl groups is 1. The highest BCUT2D eigenvalue weighted by Gasteiger charge is 2.23. The van der Waals surface area contributed by atoms with Crippen molar-refractivity contribution in [3.8, 4) is 0 Å². The highest BCUT2D eigenvalue weighted by Crippen LogP contribution is 2.32. The summed E-state index contributed by atoms with van der Waals surface area (Å²) < 4.78 is 0. The first-order chi connectivity index (χ1) is 9.70. The average Bonchev–Trinajstić information content (AvgIpc) is 2.79. The summed E-state index contributed by atoms with van der Waals surface area (Å²) in [4.78, 5) is 6.00. The molecule has 0 fully saturated rings. The zero-order chi connectivity index (χ0) is 16.2. The summed E-state index contributed by atoms with van der Waals surface area (Å²) >= 11 is 1.79. The van der Waals surface area contributed by atoms with Crippen LogP contribution in [0.15, 0.2) is 0 Å². The van der Waals surface area contributed by atoms with Crippen molar-refractivity contribution >= 4 is 11.3 Å². The van der Waals surface area contributed by atoms with Gasteiger partial charge in [0, 0.05) is 22.9 Å². The molecule has 0 aliphatic heterocycles. The fraction of sp³-hybridized carbons (Fsp3) is 0.824. The molecule has 1 heterocycles. The zero-order valence-electron chi connectivity index (χ0n) is 14.7. The van der Waals surface area contributed by atoms with E-state index < -0.39 is 0 Å². The molecule has 0 bridgehead atoms. The Morgan fingerprint density at radius 3 is 2.24 bits per heavy atom. The van der Waals surface area contributed by atoms with E-state index in [-0.39, 0.29) is 17.6 Å². The van der Waals surface area contributed by atoms with E-state index in [1.54, 1.807) is 11.3 Å². The summed E-state index contributed by atoms with van der Waals surface area (Å²) in [7, 11) is 0. The molecule has 0 aliphatic carbocycles. The molecular weight excluding hydrogens is 280 g/mol. The van der Waals surface area contributed by atoms with E-state index in [1.807, 2.05) is 0 Å². The summed E-state index contributed by atoms with van der Waals surface area (Å²) in [5.74, 6) is 0.386. The van der Waals surface area contributed by atoms with Crippen LogP contribution in [0, 0.1) is 12.8 Å². The van der Waals surface area contributed by atoms with E-state index in [1.165, 1.54) is 9.88 Å². The summed E-state index contributed by atoms with van der Waals surface area (Å²) in [5, 5.41) is 14.9. The van der Waals surface area contributed by atoms with Crippen molar-refractivity contribution in [1.82, 2.24) is 10.3 Å². The molecule has 1 aromatic heterocycles. The predicted molar refractivity (Wildman–Crippen MR) is 92.0 cm³/mol. The van der Waals surface area contributed by atoms with Gasteiger partial charge in [-0.2, -0.15) is 0 Å². The fourth-order valence-electron chi connectivity index (χ4n) is 2.52. The Balaban J connectivity index is 2.68. The van der Waals surface area contributed by atoms with Crippen molar-refractivity contribution in [2.24, 2.45) is 5.92 Å². The average molecular weight is 313 g/mol. The summed E-state index contributed by atoms with van der Waals surface area (Å²) in [5.41, 5.74) is 1.21. The molecule has 4 heteroatoms. The van der Waals surface area contributed by atoms with Gasteiger partial charge in [0.1, 0.15) is 0 Å². The van der Waals surface area contributed by atoms with Crippen LogP contribution in [0.2, 0.25) is 0 Å². The SMILES string of the molecule is CCC(CC)C(O)CNC(C)c1sc(C(C)(C)C)nc1C. The lowest BCUT2D eigenvalue weighted by molar-refractivity contribution is 0.0990. The number of aromatic nitrogens is 1. The topological polar surface area (TPSA) is 45.1 Å². The number of rotatable bonds is 7. The second-order valence-electron chi connectivity index (χ2n) is 6.99. The Morgan fingerprint density at radius 1 is 1.24 bits per heavy atom. The van der Waals surface area contributed by atoms with E-state index in [4.69, 9.17) is 4.98 Å². The smallest absolute Gasteiger partial charge is 0.0985 e. The third-order valence-electron chi connectivity index (χ3n) is 4.09. The predicted octanol–water partition coefficient (Wildman–Crippen LogP) is 4.20. The minimum absolute atomic E-state index is 0.0996. The molecule has 0 saturated carbocycles. The molecule has 1 rings (SSSR count). The molecule has 3 nitrogen and oxygen atoms in total. The van der Waals surface area contributed by atoms with Crippen LogP contribution in [0.25, 0.3) is 0 Å². The lowest BCUT2D eigenvalue weighted by Crippen LogP contribution is -2.33. The molecule has 122 valence electrons. The first-order valence-corrected chi connectivity index (χ1v) is 8.91. The van der Waals surface area contributed by atoms with Gasteiger partial charge in [-0.15, -0.1) is 11.3 Å². The molecule has 0 aliphatic rings. The van der Waals surface area contributed by atoms with E-state index in [0.717, 1.165) is 18.5 Å². The fourth-order valence-corrected chi connectivity index (χ4v) is 3.67. The van der Waals surface area contributed by atoms with E-state index >= 15 is 0 Å². The van der Waals surface area contributed by atoms with Crippen molar-refractivity contribution < 1.29 is 5.11 Å². The van der Waals surface area contributed by atoms with Crippen molar-refractivity contribution in [2.75, 3.05) is 6.54 Å². The van der Waals surface area contributed by atoms with Crippen molar-refractivity contribution in [3.05, 3.63) is 15.6 Å². The Hall–Kier alpha value is -0.450. The van der Waals surface area contributed by atoms with Crippen LogP contribution < -0.4 is 5.32 Å². The molecular formula is C17H32N2OS. The number of nitrogens with one attached hydrogen (secondary N) is 1. The van der Waals surface area contributed by atoms with Crippen molar-refractivity contribution in [2.45, 2.75) is 78.9 Å². The minimum atomic E-state index is -0.266. The number of thiazole rings is 1. The maximum Gasteiger partial charge on any atom is 0.0985 e. The third kappa shape index (κ3) is 5.04. The maximum atomic E-state index is 10.2. The number of aryl methyl sites for hydroxylation is 1. The number of aliphatic hydroxyl groups excluding tert-OH is 1. The van der Waals surface area contributed by atoms with Gasteiger partial charge in [0.05, 0.1) is 16.8 Å². The summed E-state index contributed by atoms with van der Waals surface area (Å²) in [6, 6.07) is 0.239. The van der Waals surface area contributed by atoms with Gasteiger partial charge in [-0.1, -0.05) is 47.5 Å². The van der Waals surface area contributed by atoms with Crippen LogP contribution in [0.4, 0.5) is 0 Å². The normalized spacial score (nSPS) is 15.5. The van der Waals surface area contributed by atoms with Gasteiger partial charge < -0.3 is 10.4 Å². The molecule has 1 aromatic rings. The Morgan fingerprint density at radius 2 is 1.81 bits per heavy atom. The van der Waals surface area contributed by atoms with Gasteiger partial charge in [-0.3, -0.25) is 0 Å². The van der Waals surface area contributed by atoms with Gasteiger partial charge in [-0.25, -0.2) is 4.98 Å². The Labute approximate surface area is 134 Å². The molecule has 0 radical (unpaired) electrons. The monoisotopic (exact) mass is 312 g/mol. The van der Waals surface area contributed by atoms with Crippen LogP contribution >= 0.6 is 11.3 Å². The Bertz CT molecular complexity index is 432.